The lowest BCUT2D eigenvalue weighted by Crippen LogP contribution is -2.27. The summed E-state index contributed by atoms with van der Waals surface area (Å²) < 4.78 is 1.65. The van der Waals surface area contributed by atoms with Crippen LogP contribution in [-0.2, 0) is 4.79 Å². The second-order valence-electron chi connectivity index (χ2n) is 7.64. The highest BCUT2D eigenvalue weighted by molar-refractivity contribution is 7.99. The van der Waals surface area contributed by atoms with E-state index in [4.69, 9.17) is 4.98 Å². The Morgan fingerprint density at radius 3 is 2.33 bits per heavy atom. The van der Waals surface area contributed by atoms with Crippen LogP contribution in [0.5, 0.6) is 0 Å². The Kier molecular flexibility index (Phi) is 6.70. The molecule has 0 radical (unpaired) electrons. The molecule has 3 aromatic carbocycles. The number of hydrogen-bond donors (Lipinski definition) is 1. The molecule has 1 heterocycles. The van der Waals surface area contributed by atoms with Crippen molar-refractivity contribution in [1.29, 1.82) is 0 Å². The van der Waals surface area contributed by atoms with Gasteiger partial charge in [0.15, 0.2) is 10.9 Å². The lowest BCUT2D eigenvalue weighted by atomic mass is 10.1. The van der Waals surface area contributed by atoms with Crippen LogP contribution in [0.25, 0.3) is 10.9 Å². The van der Waals surface area contributed by atoms with Crippen molar-refractivity contribution in [2.24, 2.45) is 0 Å². The molecule has 0 aliphatic rings. The first-order chi connectivity index (χ1) is 15.9. The van der Waals surface area contributed by atoms with E-state index in [-0.39, 0.29) is 29.0 Å². The van der Waals surface area contributed by atoms with Crippen molar-refractivity contribution in [3.05, 3.63) is 100 Å². The molecule has 1 unspecified atom stereocenters. The summed E-state index contributed by atoms with van der Waals surface area (Å²) in [5.41, 5.74) is 2.63. The molecule has 1 atom stereocenters. The molecule has 0 spiro atoms. The van der Waals surface area contributed by atoms with Gasteiger partial charge >= 0.3 is 0 Å². The van der Waals surface area contributed by atoms with E-state index in [9.17, 15) is 14.4 Å². The first-order valence-electron chi connectivity index (χ1n) is 10.5. The van der Waals surface area contributed by atoms with Crippen LogP contribution in [0.15, 0.2) is 88.8 Å². The fourth-order valence-electron chi connectivity index (χ4n) is 3.56. The van der Waals surface area contributed by atoms with E-state index in [1.54, 1.807) is 41.0 Å². The molecule has 0 saturated heterocycles. The highest BCUT2D eigenvalue weighted by Gasteiger charge is 2.19. The normalized spacial score (nSPS) is 11.8. The molecule has 7 heteroatoms. The van der Waals surface area contributed by atoms with Crippen molar-refractivity contribution in [2.45, 2.75) is 25.0 Å². The zero-order valence-electron chi connectivity index (χ0n) is 18.3. The van der Waals surface area contributed by atoms with E-state index in [0.29, 0.717) is 27.3 Å². The van der Waals surface area contributed by atoms with Crippen LogP contribution in [0.4, 0.5) is 5.69 Å². The molecule has 0 fully saturated rings. The zero-order valence-corrected chi connectivity index (χ0v) is 19.1. The molecule has 6 nitrogen and oxygen atoms in total. The van der Waals surface area contributed by atoms with Crippen LogP contribution in [0.3, 0.4) is 0 Å². The summed E-state index contributed by atoms with van der Waals surface area (Å²) in [5, 5.41) is 3.85. The van der Waals surface area contributed by atoms with Gasteiger partial charge in [0.25, 0.3) is 5.56 Å². The smallest absolute Gasteiger partial charge is 0.262 e. The van der Waals surface area contributed by atoms with Crippen LogP contribution in [0.2, 0.25) is 0 Å². The first kappa shape index (κ1) is 22.5. The average molecular weight is 458 g/mol. The van der Waals surface area contributed by atoms with Gasteiger partial charge in [0.1, 0.15) is 0 Å². The third-order valence-corrected chi connectivity index (χ3v) is 6.30. The van der Waals surface area contributed by atoms with Crippen molar-refractivity contribution >= 4 is 40.0 Å². The third kappa shape index (κ3) is 5.04. The van der Waals surface area contributed by atoms with Crippen molar-refractivity contribution in [2.75, 3.05) is 11.1 Å². The highest BCUT2D eigenvalue weighted by atomic mass is 32.2. The van der Waals surface area contributed by atoms with E-state index >= 15 is 0 Å². The van der Waals surface area contributed by atoms with E-state index in [1.807, 2.05) is 49.4 Å². The average Bonchev–Trinajstić information content (AvgIpc) is 2.83. The molecular weight excluding hydrogens is 434 g/mol. The maximum absolute atomic E-state index is 13.4. The Bertz CT molecular complexity index is 1370. The topological polar surface area (TPSA) is 81.1 Å². The third-order valence-electron chi connectivity index (χ3n) is 5.35. The molecule has 4 rings (SSSR count). The monoisotopic (exact) mass is 457 g/mol. The van der Waals surface area contributed by atoms with E-state index in [1.165, 1.54) is 18.7 Å². The summed E-state index contributed by atoms with van der Waals surface area (Å²) in [7, 11) is 0. The summed E-state index contributed by atoms with van der Waals surface area (Å²) in [4.78, 5) is 42.1. The molecule has 33 heavy (non-hydrogen) atoms. The second kappa shape index (κ2) is 9.83. The molecule has 1 N–H and O–H groups in total. The minimum atomic E-state index is -0.250. The van der Waals surface area contributed by atoms with Gasteiger partial charge in [0.05, 0.1) is 22.7 Å². The molecule has 166 valence electrons. The van der Waals surface area contributed by atoms with Gasteiger partial charge in [-0.25, -0.2) is 4.98 Å². The number of amides is 1. The fourth-order valence-corrected chi connectivity index (χ4v) is 4.44. The molecular formula is C26H23N3O3S. The number of anilines is 1. The minimum absolute atomic E-state index is 0.0312. The van der Waals surface area contributed by atoms with Crippen LogP contribution in [0.1, 0.15) is 35.8 Å². The van der Waals surface area contributed by atoms with E-state index in [2.05, 4.69) is 5.32 Å². The summed E-state index contributed by atoms with van der Waals surface area (Å²) in [6.07, 6.45) is 0. The number of thioether (sulfide) groups is 1. The lowest BCUT2D eigenvalue weighted by Gasteiger charge is -2.20. The van der Waals surface area contributed by atoms with Crippen molar-refractivity contribution < 1.29 is 9.59 Å². The number of rotatable bonds is 7. The van der Waals surface area contributed by atoms with Gasteiger partial charge in [0.2, 0.25) is 5.91 Å². The van der Waals surface area contributed by atoms with Gasteiger partial charge in [-0.15, -0.1) is 0 Å². The first-order valence-corrected chi connectivity index (χ1v) is 11.5. The van der Waals surface area contributed by atoms with Crippen LogP contribution in [0, 0.1) is 0 Å². The number of Topliss-reactive ketones (excluding diaryl/α,β-unsaturated/α-hetero) is 1. The summed E-state index contributed by atoms with van der Waals surface area (Å²) in [6.45, 7) is 3.45. The number of fused-ring (bicyclic) bond motifs is 1. The zero-order chi connectivity index (χ0) is 23.4. The van der Waals surface area contributed by atoms with Gasteiger partial charge in [-0.1, -0.05) is 54.2 Å². The van der Waals surface area contributed by atoms with Crippen LogP contribution < -0.4 is 10.9 Å². The minimum Gasteiger partial charge on any atom is -0.325 e. The Labute approximate surface area is 195 Å². The molecule has 4 aromatic rings. The van der Waals surface area contributed by atoms with Crippen LogP contribution >= 0.6 is 11.8 Å². The molecule has 0 aliphatic carbocycles. The molecule has 1 amide bonds. The summed E-state index contributed by atoms with van der Waals surface area (Å²) in [6, 6.07) is 23.5. The number of para-hydroxylation sites is 1. The summed E-state index contributed by atoms with van der Waals surface area (Å²) >= 11 is 1.22. The van der Waals surface area contributed by atoms with Gasteiger partial charge in [-0.05, 0) is 55.8 Å². The number of benzene rings is 3. The Morgan fingerprint density at radius 2 is 1.64 bits per heavy atom. The second-order valence-corrected chi connectivity index (χ2v) is 8.59. The van der Waals surface area contributed by atoms with Crippen molar-refractivity contribution in [3.8, 4) is 0 Å². The fraction of sp³-hybridized carbons (Fsp3) is 0.154. The maximum Gasteiger partial charge on any atom is 0.262 e. The number of carbonyl (C=O) groups is 2. The Hall–Kier alpha value is -3.71. The number of carbonyl (C=O) groups excluding carboxylic acids is 2. The van der Waals surface area contributed by atoms with E-state index in [0.717, 1.165) is 5.56 Å². The lowest BCUT2D eigenvalue weighted by molar-refractivity contribution is -0.113. The van der Waals surface area contributed by atoms with Crippen molar-refractivity contribution in [1.82, 2.24) is 9.55 Å². The molecule has 0 aliphatic heterocycles. The highest BCUT2D eigenvalue weighted by Crippen LogP contribution is 2.25. The Balaban J connectivity index is 1.60. The maximum atomic E-state index is 13.4. The van der Waals surface area contributed by atoms with Gasteiger partial charge < -0.3 is 5.32 Å². The van der Waals surface area contributed by atoms with Crippen molar-refractivity contribution in [3.63, 3.8) is 0 Å². The van der Waals surface area contributed by atoms with Gasteiger partial charge in [-0.3, -0.25) is 19.0 Å². The van der Waals surface area contributed by atoms with Gasteiger partial charge in [-0.2, -0.15) is 0 Å². The number of nitrogens with zero attached hydrogens (tertiary/aromatic N) is 2. The standard InChI is InChI=1S/C26H23N3O3S/c1-17(19-8-4-3-5-9-19)29-25(32)22-10-6-7-11-23(22)28-26(29)33-16-24(31)27-21-14-12-20(13-15-21)18(2)30/h3-15,17H,16H2,1-2H3,(H,27,31). The predicted octanol–water partition coefficient (Wildman–Crippen LogP) is 4.94. The van der Waals surface area contributed by atoms with Crippen LogP contribution in [-0.4, -0.2) is 27.0 Å². The predicted molar refractivity (Wildman–Crippen MR) is 132 cm³/mol. The largest absolute Gasteiger partial charge is 0.325 e. The Morgan fingerprint density at radius 1 is 0.970 bits per heavy atom. The molecule has 0 saturated carbocycles. The van der Waals surface area contributed by atoms with Gasteiger partial charge in [0, 0.05) is 11.3 Å². The SMILES string of the molecule is CC(=O)c1ccc(NC(=O)CSc2nc3ccccc3c(=O)n2C(C)c2ccccc2)cc1. The number of hydrogen-bond acceptors (Lipinski definition) is 5. The molecule has 1 aromatic heterocycles. The molecule has 0 bridgehead atoms. The number of ketones is 1. The quantitative estimate of drug-likeness (QED) is 0.242. The number of nitrogens with one attached hydrogen (secondary N) is 1. The van der Waals surface area contributed by atoms with E-state index < -0.39 is 0 Å². The summed E-state index contributed by atoms with van der Waals surface area (Å²) in [5.74, 6) is -0.172. The number of aromatic nitrogens is 2.